The molecule has 0 radical (unpaired) electrons. The first-order valence-electron chi connectivity index (χ1n) is 8.27. The Bertz CT molecular complexity index is 824. The molecule has 0 saturated carbocycles. The van der Waals surface area contributed by atoms with Crippen LogP contribution >= 0.6 is 23.2 Å². The van der Waals surface area contributed by atoms with Crippen LogP contribution in [0.3, 0.4) is 0 Å². The lowest BCUT2D eigenvalue weighted by atomic mass is 10.1. The molecule has 0 aliphatic carbocycles. The lowest BCUT2D eigenvalue weighted by Gasteiger charge is -2.14. The second kappa shape index (κ2) is 8.08. The quantitative estimate of drug-likeness (QED) is 0.766. The summed E-state index contributed by atoms with van der Waals surface area (Å²) in [6.07, 6.45) is 0.885. The largest absolute Gasteiger partial charge is 0.497 e. The molecule has 2 aromatic rings. The van der Waals surface area contributed by atoms with Crippen molar-refractivity contribution in [3.8, 4) is 5.75 Å². The van der Waals surface area contributed by atoms with Crippen molar-refractivity contribution in [1.82, 2.24) is 0 Å². The van der Waals surface area contributed by atoms with Gasteiger partial charge in [-0.15, -0.1) is 0 Å². The molecule has 0 aromatic heterocycles. The third kappa shape index (κ3) is 4.01. The molecule has 1 atom stereocenters. The van der Waals surface area contributed by atoms with E-state index >= 15 is 0 Å². The van der Waals surface area contributed by atoms with E-state index in [0.29, 0.717) is 34.4 Å². The molecule has 2 amide bonds. The number of rotatable bonds is 6. The van der Waals surface area contributed by atoms with Gasteiger partial charge >= 0.3 is 0 Å². The minimum atomic E-state index is -0.407. The van der Waals surface area contributed by atoms with Gasteiger partial charge in [-0.05, 0) is 42.0 Å². The van der Waals surface area contributed by atoms with E-state index in [4.69, 9.17) is 27.9 Å². The van der Waals surface area contributed by atoms with E-state index in [1.54, 1.807) is 43.5 Å². The number of nitrogens with zero attached hydrogens (tertiary/aromatic N) is 1. The summed E-state index contributed by atoms with van der Waals surface area (Å²) >= 11 is 12.1. The number of hydrogen-bond donors (Lipinski definition) is 1. The van der Waals surface area contributed by atoms with Gasteiger partial charge in [-0.3, -0.25) is 9.59 Å². The number of anilines is 1. The highest BCUT2D eigenvalue weighted by Gasteiger charge is 2.42. The predicted octanol–water partition coefficient (Wildman–Crippen LogP) is 2.44. The van der Waals surface area contributed by atoms with E-state index in [-0.39, 0.29) is 18.2 Å². The van der Waals surface area contributed by atoms with Crippen LogP contribution in [0.25, 0.3) is 0 Å². The number of benzene rings is 2. The first-order valence-corrected chi connectivity index (χ1v) is 9.03. The summed E-state index contributed by atoms with van der Waals surface area (Å²) in [5.74, 6) is 0.295. The van der Waals surface area contributed by atoms with Crippen LogP contribution in [0.5, 0.6) is 5.75 Å². The maximum atomic E-state index is 12.6. The van der Waals surface area contributed by atoms with Crippen molar-refractivity contribution in [1.29, 1.82) is 0 Å². The maximum Gasteiger partial charge on any atom is 0.292 e. The fraction of sp³-hybridized carbons (Fsp3) is 0.263. The molecule has 3 rings (SSSR count). The number of methoxy groups -OCH3 is 1. The summed E-state index contributed by atoms with van der Waals surface area (Å²) in [6, 6.07) is 11.9. The molecule has 1 saturated heterocycles. The monoisotopic (exact) mass is 393 g/mol. The molecule has 7 heteroatoms. The van der Waals surface area contributed by atoms with Gasteiger partial charge in [0.25, 0.3) is 5.91 Å². The lowest BCUT2D eigenvalue weighted by molar-refractivity contribution is -0.674. The molecule has 1 aliphatic rings. The smallest absolute Gasteiger partial charge is 0.292 e. The summed E-state index contributed by atoms with van der Waals surface area (Å²) in [5.41, 5.74) is 1.54. The van der Waals surface area contributed by atoms with Crippen LogP contribution < -0.4 is 15.0 Å². The number of carbonyl (C=O) groups is 2. The Morgan fingerprint density at radius 3 is 2.54 bits per heavy atom. The Balaban J connectivity index is 1.61. The van der Waals surface area contributed by atoms with E-state index in [0.717, 1.165) is 5.56 Å². The van der Waals surface area contributed by atoms with Crippen LogP contribution in [0, 0.1) is 0 Å². The van der Waals surface area contributed by atoms with Crippen molar-refractivity contribution in [3.63, 3.8) is 0 Å². The second-order valence-corrected chi connectivity index (χ2v) is 6.93. The summed E-state index contributed by atoms with van der Waals surface area (Å²) in [6.45, 7) is 0.654. The molecular weight excluding hydrogens is 375 g/mol. The molecule has 26 heavy (non-hydrogen) atoms. The van der Waals surface area contributed by atoms with Gasteiger partial charge in [-0.1, -0.05) is 29.3 Å². The molecule has 2 aromatic carbocycles. The van der Waals surface area contributed by atoms with E-state index in [9.17, 15) is 9.59 Å². The van der Waals surface area contributed by atoms with E-state index in [2.05, 4.69) is 0 Å². The summed E-state index contributed by atoms with van der Waals surface area (Å²) < 4.78 is 5.11. The number of halogens is 2. The minimum Gasteiger partial charge on any atom is -0.497 e. The van der Waals surface area contributed by atoms with E-state index < -0.39 is 6.04 Å². The van der Waals surface area contributed by atoms with Crippen LogP contribution in [0.2, 0.25) is 10.0 Å². The van der Waals surface area contributed by atoms with Crippen molar-refractivity contribution in [2.24, 2.45) is 0 Å². The minimum absolute atomic E-state index is 0.189. The average Bonchev–Trinajstić information content (AvgIpc) is 2.91. The third-order valence-electron chi connectivity index (χ3n) is 4.39. The van der Waals surface area contributed by atoms with Gasteiger partial charge < -0.3 is 10.1 Å². The number of hydrogen-bond acceptors (Lipinski definition) is 3. The molecule has 0 spiro atoms. The van der Waals surface area contributed by atoms with Gasteiger partial charge in [0.15, 0.2) is 6.04 Å². The van der Waals surface area contributed by atoms with Crippen LogP contribution in [0.15, 0.2) is 42.5 Å². The molecule has 1 heterocycles. The predicted molar refractivity (Wildman–Crippen MR) is 101 cm³/mol. The van der Waals surface area contributed by atoms with Crippen molar-refractivity contribution in [3.05, 3.63) is 58.1 Å². The maximum absolute atomic E-state index is 12.6. The first kappa shape index (κ1) is 18.7. The Kier molecular flexibility index (Phi) is 5.81. The fourth-order valence-electron chi connectivity index (χ4n) is 3.01. The molecular formula is C19H19Cl2N2O3+. The SMILES string of the molecule is COc1ccc(N2C(=O)C[C@H]([NH2+]CCc3ccc(Cl)cc3Cl)C2=O)cc1. The third-order valence-corrected chi connectivity index (χ3v) is 4.98. The normalized spacial score (nSPS) is 17.0. The molecule has 1 aliphatic heterocycles. The topological polar surface area (TPSA) is 63.2 Å². The molecule has 1 fully saturated rings. The number of amides is 2. The Labute approximate surface area is 161 Å². The number of ether oxygens (including phenoxy) is 1. The van der Waals surface area contributed by atoms with Crippen LogP contribution in [-0.4, -0.2) is 31.5 Å². The van der Waals surface area contributed by atoms with Gasteiger partial charge in [0.2, 0.25) is 5.91 Å². The van der Waals surface area contributed by atoms with Crippen LogP contribution in [0.1, 0.15) is 12.0 Å². The molecule has 136 valence electrons. The van der Waals surface area contributed by atoms with Gasteiger partial charge in [0, 0.05) is 16.5 Å². The zero-order chi connectivity index (χ0) is 18.7. The highest BCUT2D eigenvalue weighted by atomic mass is 35.5. The molecule has 0 bridgehead atoms. The first-order chi connectivity index (χ1) is 12.5. The lowest BCUT2D eigenvalue weighted by Crippen LogP contribution is -2.92. The van der Waals surface area contributed by atoms with Crippen LogP contribution in [-0.2, 0) is 16.0 Å². The van der Waals surface area contributed by atoms with Crippen molar-refractivity contribution in [2.75, 3.05) is 18.6 Å². The number of carbonyl (C=O) groups excluding carboxylic acids is 2. The number of quaternary nitrogens is 1. The van der Waals surface area contributed by atoms with Gasteiger partial charge in [-0.25, -0.2) is 4.90 Å². The Morgan fingerprint density at radius 1 is 1.15 bits per heavy atom. The van der Waals surface area contributed by atoms with Crippen molar-refractivity contribution >= 4 is 40.7 Å². The summed E-state index contributed by atoms with van der Waals surface area (Å²) in [4.78, 5) is 26.2. The molecule has 0 unspecified atom stereocenters. The van der Waals surface area contributed by atoms with Gasteiger partial charge in [-0.2, -0.15) is 0 Å². The number of nitrogens with two attached hydrogens (primary N) is 1. The van der Waals surface area contributed by atoms with Crippen molar-refractivity contribution < 1.29 is 19.6 Å². The zero-order valence-electron chi connectivity index (χ0n) is 14.2. The Hall–Kier alpha value is -2.08. The van der Waals surface area contributed by atoms with Gasteiger partial charge in [0.1, 0.15) is 5.75 Å². The highest BCUT2D eigenvalue weighted by molar-refractivity contribution is 6.35. The van der Waals surface area contributed by atoms with Crippen LogP contribution in [0.4, 0.5) is 5.69 Å². The molecule has 5 nitrogen and oxygen atoms in total. The number of imide groups is 1. The Morgan fingerprint density at radius 2 is 1.88 bits per heavy atom. The average molecular weight is 394 g/mol. The summed E-state index contributed by atoms with van der Waals surface area (Å²) in [7, 11) is 1.57. The van der Waals surface area contributed by atoms with E-state index in [1.165, 1.54) is 4.90 Å². The fourth-order valence-corrected chi connectivity index (χ4v) is 3.51. The summed E-state index contributed by atoms with van der Waals surface area (Å²) in [5, 5.41) is 3.10. The van der Waals surface area contributed by atoms with E-state index in [1.807, 2.05) is 11.4 Å². The molecule has 2 N–H and O–H groups in total. The zero-order valence-corrected chi connectivity index (χ0v) is 15.8. The van der Waals surface area contributed by atoms with Gasteiger partial charge in [0.05, 0.1) is 25.8 Å². The van der Waals surface area contributed by atoms with Crippen molar-refractivity contribution in [2.45, 2.75) is 18.9 Å². The standard InChI is InChI=1S/C19H18Cl2N2O3/c1-26-15-6-4-14(5-7-15)23-18(24)11-17(19(23)25)22-9-8-12-2-3-13(20)10-16(12)21/h2-7,10,17,22H,8-9,11H2,1H3/p+1/t17-/m0/s1. The second-order valence-electron chi connectivity index (χ2n) is 6.09. The highest BCUT2D eigenvalue weighted by Crippen LogP contribution is 2.24.